The Hall–Kier alpha value is -1.17. The summed E-state index contributed by atoms with van der Waals surface area (Å²) in [5, 5.41) is 20.1. The van der Waals surface area contributed by atoms with E-state index in [2.05, 4.69) is 14.8 Å². The number of nitrogens with zero attached hydrogens (tertiary/aromatic N) is 3. The fraction of sp³-hybridized carbons (Fsp3) is 0.667. The molecule has 3 heterocycles. The van der Waals surface area contributed by atoms with E-state index >= 15 is 0 Å². The number of aromatic hydroxyl groups is 1. The molecule has 2 aliphatic heterocycles. The maximum absolute atomic E-state index is 10.3. The van der Waals surface area contributed by atoms with Gasteiger partial charge in [-0.15, -0.1) is 0 Å². The summed E-state index contributed by atoms with van der Waals surface area (Å²) in [4.78, 5) is 8.98. The van der Waals surface area contributed by atoms with Gasteiger partial charge in [0.15, 0.2) is 0 Å². The zero-order valence-electron chi connectivity index (χ0n) is 12.0. The molecule has 0 saturated carbocycles. The van der Waals surface area contributed by atoms with Gasteiger partial charge in [0.05, 0.1) is 11.8 Å². The van der Waals surface area contributed by atoms with Crippen LogP contribution in [0.5, 0.6) is 5.75 Å². The fourth-order valence-electron chi connectivity index (χ4n) is 3.34. The number of β-amino-alcohol motifs (C(OH)–C–C–N with tert-alkyl or cyclic N) is 1. The largest absolute Gasteiger partial charge is 0.506 e. The van der Waals surface area contributed by atoms with E-state index in [-0.39, 0.29) is 17.9 Å². The average molecular weight is 277 g/mol. The van der Waals surface area contributed by atoms with Crippen LogP contribution >= 0.6 is 0 Å². The third-order valence-electron chi connectivity index (χ3n) is 4.41. The molecule has 2 atom stereocenters. The van der Waals surface area contributed by atoms with Crippen molar-refractivity contribution in [3.63, 3.8) is 0 Å². The highest BCUT2D eigenvalue weighted by atomic mass is 16.3. The Morgan fingerprint density at radius 1 is 1.25 bits per heavy atom. The van der Waals surface area contributed by atoms with Gasteiger partial charge in [-0.25, -0.2) is 0 Å². The van der Waals surface area contributed by atoms with Crippen LogP contribution in [0.1, 0.15) is 24.2 Å². The normalized spacial score (nSPS) is 28.3. The van der Waals surface area contributed by atoms with Crippen LogP contribution in [-0.2, 0) is 6.54 Å². The summed E-state index contributed by atoms with van der Waals surface area (Å²) in [7, 11) is 0. The van der Waals surface area contributed by atoms with Gasteiger partial charge in [0.1, 0.15) is 5.75 Å². The summed E-state index contributed by atoms with van der Waals surface area (Å²) in [6.45, 7) is 6.25. The molecule has 3 rings (SSSR count). The van der Waals surface area contributed by atoms with E-state index in [1.54, 1.807) is 6.07 Å². The van der Waals surface area contributed by atoms with Gasteiger partial charge in [0, 0.05) is 31.4 Å². The second kappa shape index (κ2) is 5.68. The monoisotopic (exact) mass is 277 g/mol. The highest BCUT2D eigenvalue weighted by Crippen LogP contribution is 2.24. The summed E-state index contributed by atoms with van der Waals surface area (Å²) < 4.78 is 0. The number of rotatable bonds is 3. The maximum atomic E-state index is 10.3. The minimum absolute atomic E-state index is 0.240. The Bertz CT molecular complexity index is 474. The molecule has 5 heteroatoms. The molecule has 0 unspecified atom stereocenters. The highest BCUT2D eigenvalue weighted by molar-refractivity contribution is 5.27. The summed E-state index contributed by atoms with van der Waals surface area (Å²) in [6, 6.07) is 3.75. The number of aryl methyl sites for hydroxylation is 1. The van der Waals surface area contributed by atoms with Crippen molar-refractivity contribution < 1.29 is 10.2 Å². The number of aliphatic hydroxyl groups excluding tert-OH is 1. The standard InChI is InChI=1S/C15H23N3O2/c1-11-4-5-14(19)12(16-11)8-17-9-13(15(20)10-17)18-6-2-3-7-18/h4-5,13,15,19-20H,2-3,6-10H2,1H3/t13-,15-/m0/s1. The quantitative estimate of drug-likeness (QED) is 0.853. The molecule has 0 aliphatic carbocycles. The second-order valence-electron chi connectivity index (χ2n) is 5.99. The van der Waals surface area contributed by atoms with Crippen LogP contribution in [0.15, 0.2) is 12.1 Å². The van der Waals surface area contributed by atoms with Gasteiger partial charge in [-0.05, 0) is 45.0 Å². The van der Waals surface area contributed by atoms with Crippen molar-refractivity contribution in [1.82, 2.24) is 14.8 Å². The molecule has 1 aromatic heterocycles. The molecule has 2 N–H and O–H groups in total. The first kappa shape index (κ1) is 13.8. The summed E-state index contributed by atoms with van der Waals surface area (Å²) in [5.41, 5.74) is 1.62. The SMILES string of the molecule is Cc1ccc(O)c(CN2C[C@H](O)[C@@H](N3CCCC3)C2)n1. The summed E-state index contributed by atoms with van der Waals surface area (Å²) in [5.74, 6) is 0.245. The van der Waals surface area contributed by atoms with Crippen molar-refractivity contribution in [2.24, 2.45) is 0 Å². The van der Waals surface area contributed by atoms with Crippen LogP contribution in [0.2, 0.25) is 0 Å². The van der Waals surface area contributed by atoms with Crippen molar-refractivity contribution >= 4 is 0 Å². The van der Waals surface area contributed by atoms with E-state index in [0.717, 1.165) is 25.3 Å². The van der Waals surface area contributed by atoms with Crippen LogP contribution in [0, 0.1) is 6.92 Å². The van der Waals surface area contributed by atoms with E-state index in [0.29, 0.717) is 18.8 Å². The molecule has 2 saturated heterocycles. The van der Waals surface area contributed by atoms with Crippen molar-refractivity contribution in [2.45, 2.75) is 38.5 Å². The number of aromatic nitrogens is 1. The first-order valence-corrected chi connectivity index (χ1v) is 7.43. The Morgan fingerprint density at radius 2 is 2.00 bits per heavy atom. The van der Waals surface area contributed by atoms with Gasteiger partial charge in [-0.3, -0.25) is 14.8 Å². The van der Waals surface area contributed by atoms with Crippen LogP contribution < -0.4 is 0 Å². The lowest BCUT2D eigenvalue weighted by atomic mass is 10.2. The molecule has 0 radical (unpaired) electrons. The van der Waals surface area contributed by atoms with Gasteiger partial charge in [-0.1, -0.05) is 0 Å². The average Bonchev–Trinajstić information content (AvgIpc) is 3.03. The topological polar surface area (TPSA) is 59.8 Å². The fourth-order valence-corrected chi connectivity index (χ4v) is 3.34. The van der Waals surface area contributed by atoms with Crippen LogP contribution in [0.25, 0.3) is 0 Å². The molecule has 1 aromatic rings. The number of hydrogen-bond acceptors (Lipinski definition) is 5. The molecule has 0 aromatic carbocycles. The van der Waals surface area contributed by atoms with E-state index in [9.17, 15) is 10.2 Å². The minimum atomic E-state index is -0.292. The molecule has 0 spiro atoms. The predicted octanol–water partition coefficient (Wildman–Crippen LogP) is 0.737. The zero-order chi connectivity index (χ0) is 14.1. The van der Waals surface area contributed by atoms with Crippen LogP contribution in [0.4, 0.5) is 0 Å². The third kappa shape index (κ3) is 2.80. The lowest BCUT2D eigenvalue weighted by Crippen LogP contribution is -2.41. The first-order valence-electron chi connectivity index (χ1n) is 7.43. The highest BCUT2D eigenvalue weighted by Gasteiger charge is 2.36. The van der Waals surface area contributed by atoms with Crippen molar-refractivity contribution in [1.29, 1.82) is 0 Å². The number of pyridine rings is 1. The number of aliphatic hydroxyl groups is 1. The van der Waals surface area contributed by atoms with Crippen molar-refractivity contribution in [2.75, 3.05) is 26.2 Å². The molecule has 5 nitrogen and oxygen atoms in total. The van der Waals surface area contributed by atoms with Gasteiger partial charge in [-0.2, -0.15) is 0 Å². The molecule has 20 heavy (non-hydrogen) atoms. The predicted molar refractivity (Wildman–Crippen MR) is 76.5 cm³/mol. The smallest absolute Gasteiger partial charge is 0.138 e. The van der Waals surface area contributed by atoms with Crippen molar-refractivity contribution in [3.8, 4) is 5.75 Å². The minimum Gasteiger partial charge on any atom is -0.506 e. The second-order valence-corrected chi connectivity index (χ2v) is 5.99. The summed E-state index contributed by atoms with van der Waals surface area (Å²) in [6.07, 6.45) is 2.19. The Labute approximate surface area is 119 Å². The molecule has 2 aliphatic rings. The maximum Gasteiger partial charge on any atom is 0.138 e. The molecule has 110 valence electrons. The van der Waals surface area contributed by atoms with Gasteiger partial charge in [0.25, 0.3) is 0 Å². The van der Waals surface area contributed by atoms with E-state index in [4.69, 9.17) is 0 Å². The van der Waals surface area contributed by atoms with Crippen molar-refractivity contribution in [3.05, 3.63) is 23.5 Å². The van der Waals surface area contributed by atoms with E-state index < -0.39 is 0 Å². The van der Waals surface area contributed by atoms with Gasteiger partial charge in [0.2, 0.25) is 0 Å². The zero-order valence-corrected chi connectivity index (χ0v) is 12.0. The molecular formula is C15H23N3O2. The van der Waals surface area contributed by atoms with Gasteiger partial charge < -0.3 is 10.2 Å². The van der Waals surface area contributed by atoms with E-state index in [1.165, 1.54) is 12.8 Å². The molecule has 2 fully saturated rings. The van der Waals surface area contributed by atoms with E-state index in [1.807, 2.05) is 13.0 Å². The molecule has 0 amide bonds. The van der Waals surface area contributed by atoms with Crippen LogP contribution in [-0.4, -0.2) is 63.3 Å². The third-order valence-corrected chi connectivity index (χ3v) is 4.41. The number of likely N-dealkylation sites (tertiary alicyclic amines) is 2. The Balaban J connectivity index is 1.65. The Morgan fingerprint density at radius 3 is 2.75 bits per heavy atom. The summed E-state index contributed by atoms with van der Waals surface area (Å²) >= 11 is 0. The number of hydrogen-bond donors (Lipinski definition) is 2. The van der Waals surface area contributed by atoms with Gasteiger partial charge >= 0.3 is 0 Å². The Kier molecular flexibility index (Phi) is 3.92. The molecule has 0 bridgehead atoms. The lowest BCUT2D eigenvalue weighted by molar-refractivity contribution is 0.0978. The first-order chi connectivity index (χ1) is 9.63. The lowest BCUT2D eigenvalue weighted by Gasteiger charge is -2.25. The van der Waals surface area contributed by atoms with Crippen LogP contribution in [0.3, 0.4) is 0 Å². The molecular weight excluding hydrogens is 254 g/mol.